The zero-order chi connectivity index (χ0) is 15.2. The van der Waals surface area contributed by atoms with E-state index in [0.29, 0.717) is 12.2 Å². The average molecular weight is 293 g/mol. The van der Waals surface area contributed by atoms with E-state index in [0.717, 1.165) is 12.5 Å². The Morgan fingerprint density at radius 2 is 1.76 bits per heavy atom. The van der Waals surface area contributed by atoms with Crippen LogP contribution in [-0.4, -0.2) is 6.61 Å². The number of nitrogen functional groups attached to an aromatic ring is 1. The van der Waals surface area contributed by atoms with Crippen molar-refractivity contribution in [2.45, 2.75) is 20.0 Å². The molecule has 21 heavy (non-hydrogen) atoms. The third-order valence-corrected chi connectivity index (χ3v) is 2.87. The van der Waals surface area contributed by atoms with Crippen LogP contribution in [0.4, 0.5) is 14.5 Å². The van der Waals surface area contributed by atoms with Gasteiger partial charge in [0.15, 0.2) is 11.6 Å². The molecule has 0 aromatic heterocycles. The van der Waals surface area contributed by atoms with E-state index in [1.54, 1.807) is 18.2 Å². The first kappa shape index (κ1) is 15.1. The maximum atomic E-state index is 13.7. The van der Waals surface area contributed by atoms with Crippen LogP contribution in [0.3, 0.4) is 0 Å². The summed E-state index contributed by atoms with van der Waals surface area (Å²) in [4.78, 5) is 0. The van der Waals surface area contributed by atoms with E-state index in [9.17, 15) is 8.78 Å². The molecule has 2 aromatic carbocycles. The van der Waals surface area contributed by atoms with Gasteiger partial charge in [-0.05, 0) is 12.5 Å². The minimum absolute atomic E-state index is 0.00965. The van der Waals surface area contributed by atoms with Crippen LogP contribution in [0.25, 0.3) is 0 Å². The summed E-state index contributed by atoms with van der Waals surface area (Å²) in [6.07, 6.45) is 0.759. The van der Waals surface area contributed by atoms with Gasteiger partial charge < -0.3 is 15.2 Å². The Kier molecular flexibility index (Phi) is 4.98. The highest BCUT2D eigenvalue weighted by Crippen LogP contribution is 2.31. The van der Waals surface area contributed by atoms with Gasteiger partial charge in [0.05, 0.1) is 12.3 Å². The summed E-state index contributed by atoms with van der Waals surface area (Å²) in [7, 11) is 0. The molecule has 0 amide bonds. The summed E-state index contributed by atoms with van der Waals surface area (Å²) in [5.74, 6) is -0.555. The third-order valence-electron chi connectivity index (χ3n) is 2.87. The van der Waals surface area contributed by atoms with Gasteiger partial charge in [0.25, 0.3) is 0 Å². The summed E-state index contributed by atoms with van der Waals surface area (Å²) in [6, 6.07) is 8.81. The normalized spacial score (nSPS) is 10.4. The molecule has 112 valence electrons. The summed E-state index contributed by atoms with van der Waals surface area (Å²) >= 11 is 0. The van der Waals surface area contributed by atoms with Crippen LogP contribution < -0.4 is 15.2 Å². The van der Waals surface area contributed by atoms with Gasteiger partial charge in [0.2, 0.25) is 0 Å². The van der Waals surface area contributed by atoms with Crippen molar-refractivity contribution in [3.05, 3.63) is 53.6 Å². The molecule has 0 spiro atoms. The highest BCUT2D eigenvalue weighted by molar-refractivity contribution is 5.56. The number of benzene rings is 2. The standard InChI is InChI=1S/C16H17F2NO2/c1-2-7-20-15-9-16(14(19)8-13(15)18)21-10-11-5-3-4-6-12(11)17/h3-6,8-9H,2,7,10,19H2,1H3. The van der Waals surface area contributed by atoms with Gasteiger partial charge in [-0.1, -0.05) is 25.1 Å². The fourth-order valence-electron chi connectivity index (χ4n) is 1.77. The molecule has 3 nitrogen and oxygen atoms in total. The van der Waals surface area contributed by atoms with Crippen LogP contribution in [-0.2, 0) is 6.61 Å². The monoisotopic (exact) mass is 293 g/mol. The van der Waals surface area contributed by atoms with Crippen molar-refractivity contribution in [3.8, 4) is 11.5 Å². The second-order valence-electron chi connectivity index (χ2n) is 4.55. The lowest BCUT2D eigenvalue weighted by Crippen LogP contribution is -2.03. The van der Waals surface area contributed by atoms with Crippen LogP contribution in [0.2, 0.25) is 0 Å². The van der Waals surface area contributed by atoms with Gasteiger partial charge in [-0.3, -0.25) is 0 Å². The van der Waals surface area contributed by atoms with Gasteiger partial charge in [-0.25, -0.2) is 8.78 Å². The number of rotatable bonds is 6. The fraction of sp³-hybridized carbons (Fsp3) is 0.250. The molecule has 0 aliphatic carbocycles. The molecule has 2 N–H and O–H groups in total. The topological polar surface area (TPSA) is 44.5 Å². The van der Waals surface area contributed by atoms with E-state index in [4.69, 9.17) is 15.2 Å². The molecule has 2 aromatic rings. The Morgan fingerprint density at radius 3 is 2.48 bits per heavy atom. The minimum Gasteiger partial charge on any atom is -0.490 e. The minimum atomic E-state index is -0.542. The van der Waals surface area contributed by atoms with E-state index in [-0.39, 0.29) is 29.6 Å². The summed E-state index contributed by atoms with van der Waals surface area (Å²) in [5.41, 5.74) is 6.25. The SMILES string of the molecule is CCCOc1cc(OCc2ccccc2F)c(N)cc1F. The van der Waals surface area contributed by atoms with Gasteiger partial charge in [-0.2, -0.15) is 0 Å². The molecule has 0 unspecified atom stereocenters. The van der Waals surface area contributed by atoms with Crippen LogP contribution in [0.1, 0.15) is 18.9 Å². The first-order valence-corrected chi connectivity index (χ1v) is 6.69. The van der Waals surface area contributed by atoms with Crippen molar-refractivity contribution < 1.29 is 18.3 Å². The molecular weight excluding hydrogens is 276 g/mol. The molecule has 0 aliphatic rings. The number of hydrogen-bond donors (Lipinski definition) is 1. The van der Waals surface area contributed by atoms with E-state index >= 15 is 0 Å². The highest BCUT2D eigenvalue weighted by atomic mass is 19.1. The Bertz CT molecular complexity index is 617. The van der Waals surface area contributed by atoms with Gasteiger partial charge in [0.1, 0.15) is 18.2 Å². The lowest BCUT2D eigenvalue weighted by molar-refractivity contribution is 0.284. The Morgan fingerprint density at radius 1 is 1.00 bits per heavy atom. The lowest BCUT2D eigenvalue weighted by atomic mass is 10.2. The molecule has 0 saturated heterocycles. The van der Waals surface area contributed by atoms with E-state index < -0.39 is 5.82 Å². The van der Waals surface area contributed by atoms with Gasteiger partial charge in [-0.15, -0.1) is 0 Å². The van der Waals surface area contributed by atoms with Gasteiger partial charge >= 0.3 is 0 Å². The predicted octanol–water partition coefficient (Wildman–Crippen LogP) is 3.91. The molecule has 0 atom stereocenters. The molecule has 0 fully saturated rings. The maximum Gasteiger partial charge on any atom is 0.167 e. The average Bonchev–Trinajstić information content (AvgIpc) is 2.47. The molecule has 0 aliphatic heterocycles. The third kappa shape index (κ3) is 3.84. The van der Waals surface area contributed by atoms with Crippen molar-refractivity contribution in [1.29, 1.82) is 0 Å². The second kappa shape index (κ2) is 6.92. The summed E-state index contributed by atoms with van der Waals surface area (Å²) in [5, 5.41) is 0. The molecule has 5 heteroatoms. The van der Waals surface area contributed by atoms with E-state index in [1.807, 2.05) is 6.92 Å². The molecule has 0 heterocycles. The van der Waals surface area contributed by atoms with Crippen LogP contribution >= 0.6 is 0 Å². The highest BCUT2D eigenvalue weighted by Gasteiger charge is 2.11. The first-order valence-electron chi connectivity index (χ1n) is 6.69. The van der Waals surface area contributed by atoms with Crippen LogP contribution in [0, 0.1) is 11.6 Å². The van der Waals surface area contributed by atoms with E-state index in [1.165, 1.54) is 12.1 Å². The number of halogens is 2. The zero-order valence-corrected chi connectivity index (χ0v) is 11.7. The molecule has 0 saturated carbocycles. The molecular formula is C16H17F2NO2. The van der Waals surface area contributed by atoms with E-state index in [2.05, 4.69) is 0 Å². The number of hydrogen-bond acceptors (Lipinski definition) is 3. The number of anilines is 1. The van der Waals surface area contributed by atoms with Gasteiger partial charge in [0, 0.05) is 17.7 Å². The zero-order valence-electron chi connectivity index (χ0n) is 11.7. The Hall–Kier alpha value is -2.30. The summed E-state index contributed by atoms with van der Waals surface area (Å²) < 4.78 is 37.9. The molecule has 0 radical (unpaired) electrons. The Balaban J connectivity index is 2.14. The second-order valence-corrected chi connectivity index (χ2v) is 4.55. The fourth-order valence-corrected chi connectivity index (χ4v) is 1.77. The Labute approximate surface area is 122 Å². The quantitative estimate of drug-likeness (QED) is 0.821. The smallest absolute Gasteiger partial charge is 0.167 e. The lowest BCUT2D eigenvalue weighted by Gasteiger charge is -2.12. The maximum absolute atomic E-state index is 13.7. The largest absolute Gasteiger partial charge is 0.490 e. The van der Waals surface area contributed by atoms with Crippen molar-refractivity contribution in [2.24, 2.45) is 0 Å². The van der Waals surface area contributed by atoms with Crippen molar-refractivity contribution in [1.82, 2.24) is 0 Å². The molecule has 0 bridgehead atoms. The van der Waals surface area contributed by atoms with Crippen molar-refractivity contribution >= 4 is 5.69 Å². The van der Waals surface area contributed by atoms with Crippen LogP contribution in [0.5, 0.6) is 11.5 Å². The number of ether oxygens (including phenoxy) is 2. The predicted molar refractivity (Wildman–Crippen MR) is 77.3 cm³/mol. The van der Waals surface area contributed by atoms with Crippen LogP contribution in [0.15, 0.2) is 36.4 Å². The number of nitrogens with two attached hydrogens (primary N) is 1. The summed E-state index contributed by atoms with van der Waals surface area (Å²) in [6.45, 7) is 2.33. The van der Waals surface area contributed by atoms with Crippen molar-refractivity contribution in [2.75, 3.05) is 12.3 Å². The van der Waals surface area contributed by atoms with Crippen molar-refractivity contribution in [3.63, 3.8) is 0 Å². The first-order chi connectivity index (χ1) is 10.1. The molecule has 2 rings (SSSR count).